The number of H-pyrrole nitrogens is 1. The topological polar surface area (TPSA) is 93.0 Å². The van der Waals surface area contributed by atoms with Gasteiger partial charge in [0, 0.05) is 19.3 Å². The summed E-state index contributed by atoms with van der Waals surface area (Å²) in [4.78, 5) is 12.1. The van der Waals surface area contributed by atoms with Crippen LogP contribution in [0.15, 0.2) is 0 Å². The van der Waals surface area contributed by atoms with Gasteiger partial charge in [-0.05, 0) is 32.1 Å². The molecule has 0 aliphatic carbocycles. The van der Waals surface area contributed by atoms with Gasteiger partial charge in [-0.3, -0.25) is 9.89 Å². The Morgan fingerprint density at radius 3 is 2.84 bits per heavy atom. The number of amides is 1. The summed E-state index contributed by atoms with van der Waals surface area (Å²) in [5.41, 5.74) is 7.46. The monoisotopic (exact) mass is 266 g/mol. The number of hydrogen-bond donors (Lipinski definition) is 3. The fourth-order valence-corrected chi connectivity index (χ4v) is 2.44. The maximum atomic E-state index is 12.1. The average Bonchev–Trinajstić information content (AvgIpc) is 2.80. The molecule has 1 aliphatic heterocycles. The third-order valence-electron chi connectivity index (χ3n) is 3.78. The first-order chi connectivity index (χ1) is 9.13. The minimum absolute atomic E-state index is 0.109. The molecule has 0 radical (unpaired) electrons. The Morgan fingerprint density at radius 1 is 1.58 bits per heavy atom. The van der Waals surface area contributed by atoms with E-state index >= 15 is 0 Å². The molecule has 1 unspecified atom stereocenters. The lowest BCUT2D eigenvalue weighted by atomic mass is 9.93. The van der Waals surface area contributed by atoms with E-state index in [0.717, 1.165) is 38.2 Å². The highest BCUT2D eigenvalue weighted by atomic mass is 16.5. The van der Waals surface area contributed by atoms with Crippen LogP contribution in [-0.2, 0) is 11.2 Å². The molecular formula is C13H22N4O2. The van der Waals surface area contributed by atoms with Gasteiger partial charge in [0.15, 0.2) is 5.69 Å². The first-order valence-corrected chi connectivity index (χ1v) is 6.84. The molecule has 2 heterocycles. The van der Waals surface area contributed by atoms with Crippen LogP contribution in [0.3, 0.4) is 0 Å². The summed E-state index contributed by atoms with van der Waals surface area (Å²) in [5, 5.41) is 9.79. The zero-order valence-electron chi connectivity index (χ0n) is 11.5. The van der Waals surface area contributed by atoms with E-state index in [-0.39, 0.29) is 11.9 Å². The maximum Gasteiger partial charge on any atom is 0.274 e. The Balaban J connectivity index is 1.97. The van der Waals surface area contributed by atoms with Gasteiger partial charge in [-0.15, -0.1) is 0 Å². The van der Waals surface area contributed by atoms with Gasteiger partial charge in [-0.1, -0.05) is 6.92 Å². The van der Waals surface area contributed by atoms with Crippen molar-refractivity contribution >= 4 is 11.6 Å². The van der Waals surface area contributed by atoms with E-state index in [2.05, 4.69) is 15.5 Å². The van der Waals surface area contributed by atoms with Crippen molar-refractivity contribution in [1.29, 1.82) is 0 Å². The first kappa shape index (κ1) is 13.9. The number of nitrogens with zero attached hydrogens (tertiary/aromatic N) is 1. The van der Waals surface area contributed by atoms with E-state index in [0.29, 0.717) is 17.3 Å². The van der Waals surface area contributed by atoms with Crippen LogP contribution in [0.5, 0.6) is 0 Å². The molecule has 1 atom stereocenters. The van der Waals surface area contributed by atoms with E-state index in [4.69, 9.17) is 10.5 Å². The summed E-state index contributed by atoms with van der Waals surface area (Å²) in [6, 6.07) is 0.109. The number of carbonyl (C=O) groups is 1. The third-order valence-corrected chi connectivity index (χ3v) is 3.78. The van der Waals surface area contributed by atoms with E-state index in [1.165, 1.54) is 0 Å². The smallest absolute Gasteiger partial charge is 0.274 e. The molecule has 0 bridgehead atoms. The van der Waals surface area contributed by atoms with Crippen molar-refractivity contribution in [2.75, 3.05) is 18.9 Å². The molecule has 0 spiro atoms. The van der Waals surface area contributed by atoms with Gasteiger partial charge in [0.1, 0.15) is 0 Å². The van der Waals surface area contributed by atoms with Crippen LogP contribution in [0.2, 0.25) is 0 Å². The predicted octanol–water partition coefficient (Wildman–Crippen LogP) is 1.10. The molecule has 1 aromatic rings. The molecule has 6 nitrogen and oxygen atoms in total. The lowest BCUT2D eigenvalue weighted by Crippen LogP contribution is -2.40. The van der Waals surface area contributed by atoms with Gasteiger partial charge >= 0.3 is 0 Å². The third kappa shape index (κ3) is 3.07. The molecular weight excluding hydrogens is 244 g/mol. The molecule has 1 aromatic heterocycles. The number of anilines is 1. The second kappa shape index (κ2) is 6.06. The zero-order valence-corrected chi connectivity index (χ0v) is 11.5. The standard InChI is InChI=1S/C13H22N4O2/c1-3-10-11(14)12(17-16-10)13(18)15-8(2)9-4-6-19-7-5-9/h8-9H,3-7,14H2,1-2H3,(H,15,18)(H,16,17). The molecule has 4 N–H and O–H groups in total. The molecule has 1 saturated heterocycles. The largest absolute Gasteiger partial charge is 0.395 e. The minimum atomic E-state index is -0.201. The maximum absolute atomic E-state index is 12.1. The number of aryl methyl sites for hydroxylation is 1. The number of aromatic amines is 1. The summed E-state index contributed by atoms with van der Waals surface area (Å²) < 4.78 is 5.33. The Bertz CT molecular complexity index is 438. The van der Waals surface area contributed by atoms with E-state index in [1.54, 1.807) is 0 Å². The second-order valence-electron chi connectivity index (χ2n) is 5.03. The fourth-order valence-electron chi connectivity index (χ4n) is 2.44. The van der Waals surface area contributed by atoms with Crippen molar-refractivity contribution in [3.05, 3.63) is 11.4 Å². The van der Waals surface area contributed by atoms with Crippen LogP contribution in [0.25, 0.3) is 0 Å². The van der Waals surface area contributed by atoms with E-state index < -0.39 is 0 Å². The summed E-state index contributed by atoms with van der Waals surface area (Å²) in [6.45, 7) is 5.54. The Hall–Kier alpha value is -1.56. The number of ether oxygens (including phenoxy) is 1. The molecule has 1 fully saturated rings. The minimum Gasteiger partial charge on any atom is -0.395 e. The van der Waals surface area contributed by atoms with Gasteiger partial charge in [-0.25, -0.2) is 0 Å². The van der Waals surface area contributed by atoms with Crippen molar-refractivity contribution in [3.8, 4) is 0 Å². The van der Waals surface area contributed by atoms with Crippen LogP contribution in [-0.4, -0.2) is 35.4 Å². The van der Waals surface area contributed by atoms with Crippen molar-refractivity contribution in [2.45, 2.75) is 39.2 Å². The van der Waals surface area contributed by atoms with Crippen molar-refractivity contribution < 1.29 is 9.53 Å². The number of nitrogen functional groups attached to an aromatic ring is 1. The summed E-state index contributed by atoms with van der Waals surface area (Å²) in [7, 11) is 0. The van der Waals surface area contributed by atoms with Crippen molar-refractivity contribution in [1.82, 2.24) is 15.5 Å². The number of nitrogens with one attached hydrogen (secondary N) is 2. The normalized spacial score (nSPS) is 18.2. The van der Waals surface area contributed by atoms with Gasteiger partial charge in [-0.2, -0.15) is 5.10 Å². The highest BCUT2D eigenvalue weighted by Crippen LogP contribution is 2.20. The molecule has 0 saturated carbocycles. The summed E-state index contributed by atoms with van der Waals surface area (Å²) >= 11 is 0. The molecule has 1 aliphatic rings. The predicted molar refractivity (Wildman–Crippen MR) is 72.8 cm³/mol. The molecule has 6 heteroatoms. The van der Waals surface area contributed by atoms with Crippen LogP contribution in [0, 0.1) is 5.92 Å². The van der Waals surface area contributed by atoms with E-state index in [1.807, 2.05) is 13.8 Å². The number of rotatable bonds is 4. The Morgan fingerprint density at radius 2 is 2.26 bits per heavy atom. The van der Waals surface area contributed by atoms with Crippen LogP contribution < -0.4 is 11.1 Å². The fraction of sp³-hybridized carbons (Fsp3) is 0.692. The first-order valence-electron chi connectivity index (χ1n) is 6.84. The summed E-state index contributed by atoms with van der Waals surface area (Å²) in [6.07, 6.45) is 2.71. The van der Waals surface area contributed by atoms with Crippen molar-refractivity contribution in [3.63, 3.8) is 0 Å². The molecule has 1 amide bonds. The lowest BCUT2D eigenvalue weighted by Gasteiger charge is -2.28. The van der Waals surface area contributed by atoms with Crippen molar-refractivity contribution in [2.24, 2.45) is 5.92 Å². The van der Waals surface area contributed by atoms with Gasteiger partial charge in [0.05, 0.1) is 11.4 Å². The van der Waals surface area contributed by atoms with Gasteiger partial charge in [0.25, 0.3) is 5.91 Å². The van der Waals surface area contributed by atoms with E-state index in [9.17, 15) is 4.79 Å². The van der Waals surface area contributed by atoms with Gasteiger partial charge in [0.2, 0.25) is 0 Å². The molecule has 19 heavy (non-hydrogen) atoms. The van der Waals surface area contributed by atoms with Gasteiger partial charge < -0.3 is 15.8 Å². The number of carbonyl (C=O) groups excluding carboxylic acids is 1. The quantitative estimate of drug-likeness (QED) is 0.760. The number of aromatic nitrogens is 2. The average molecular weight is 266 g/mol. The molecule has 0 aromatic carbocycles. The number of hydrogen-bond acceptors (Lipinski definition) is 4. The van der Waals surface area contributed by atoms with Crippen LogP contribution >= 0.6 is 0 Å². The Kier molecular flexibility index (Phi) is 4.42. The van der Waals surface area contributed by atoms with Crippen LogP contribution in [0.1, 0.15) is 42.9 Å². The SMILES string of the molecule is CCc1[nH]nc(C(=O)NC(C)C2CCOCC2)c1N. The molecule has 2 rings (SSSR count). The lowest BCUT2D eigenvalue weighted by molar-refractivity contribution is 0.0537. The number of nitrogens with two attached hydrogens (primary N) is 1. The van der Waals surface area contributed by atoms with Crippen LogP contribution in [0.4, 0.5) is 5.69 Å². The molecule has 106 valence electrons. The highest BCUT2D eigenvalue weighted by molar-refractivity contribution is 5.97. The second-order valence-corrected chi connectivity index (χ2v) is 5.03. The highest BCUT2D eigenvalue weighted by Gasteiger charge is 2.24. The summed E-state index contributed by atoms with van der Waals surface area (Å²) in [5.74, 6) is 0.260. The zero-order chi connectivity index (χ0) is 13.8. The Labute approximate surface area is 113 Å².